The van der Waals surface area contributed by atoms with E-state index >= 15 is 0 Å². The number of hydrogen-bond acceptors (Lipinski definition) is 0. The Balaban J connectivity index is 3.17. The molecule has 0 aliphatic rings. The highest BCUT2D eigenvalue weighted by molar-refractivity contribution is 5.34. The average Bonchev–Trinajstić information content (AvgIpc) is 1.94. The minimum Gasteiger partial charge on any atom is -0.0617 e. The fourth-order valence-electron chi connectivity index (χ4n) is 1.40. The Morgan fingerprint density at radius 1 is 1.09 bits per heavy atom. The lowest BCUT2D eigenvalue weighted by Crippen LogP contribution is -1.93. The molecule has 60 valence electrons. The van der Waals surface area contributed by atoms with Gasteiger partial charge in [0.1, 0.15) is 0 Å². The van der Waals surface area contributed by atoms with Crippen LogP contribution in [0.15, 0.2) is 18.2 Å². The van der Waals surface area contributed by atoms with Crippen LogP contribution in [-0.2, 0) is 0 Å². The third-order valence-corrected chi connectivity index (χ3v) is 2.27. The first-order valence-electron chi connectivity index (χ1n) is 4.19. The first-order valence-corrected chi connectivity index (χ1v) is 4.19. The molecule has 0 unspecified atom stereocenters. The quantitative estimate of drug-likeness (QED) is 0.572. The molecule has 0 radical (unpaired) electrons. The lowest BCUT2D eigenvalue weighted by molar-refractivity contribution is 0.854. The van der Waals surface area contributed by atoms with Crippen LogP contribution < -0.4 is 0 Å². The summed E-state index contributed by atoms with van der Waals surface area (Å²) in [5, 5.41) is 0. The van der Waals surface area contributed by atoms with Crippen LogP contribution in [0.4, 0.5) is 0 Å². The lowest BCUT2D eigenvalue weighted by Gasteiger charge is -2.10. The van der Waals surface area contributed by atoms with E-state index in [-0.39, 0.29) is 0 Å². The molecular formula is C11H16. The highest BCUT2D eigenvalue weighted by Gasteiger charge is 2.03. The van der Waals surface area contributed by atoms with Gasteiger partial charge in [-0.05, 0) is 36.5 Å². The summed E-state index contributed by atoms with van der Waals surface area (Å²) in [6.45, 7) is 8.84. The number of aryl methyl sites for hydroxylation is 1. The van der Waals surface area contributed by atoms with Crippen molar-refractivity contribution in [2.75, 3.05) is 0 Å². The summed E-state index contributed by atoms with van der Waals surface area (Å²) in [7, 11) is 0. The predicted octanol–water partition coefficient (Wildman–Crippen LogP) is 3.43. The molecule has 0 N–H and O–H groups in total. The van der Waals surface area contributed by atoms with Crippen LogP contribution in [0.2, 0.25) is 0 Å². The van der Waals surface area contributed by atoms with Crippen molar-refractivity contribution in [2.45, 2.75) is 33.6 Å². The van der Waals surface area contributed by atoms with Crippen LogP contribution in [0.3, 0.4) is 0 Å². The van der Waals surface area contributed by atoms with Gasteiger partial charge in [0.05, 0.1) is 0 Å². The van der Waals surface area contributed by atoms with E-state index in [1.165, 1.54) is 16.7 Å². The summed E-state index contributed by atoms with van der Waals surface area (Å²) >= 11 is 0. The number of benzene rings is 1. The normalized spacial score (nSPS) is 10.6. The molecule has 0 saturated carbocycles. The predicted molar refractivity (Wildman–Crippen MR) is 50.0 cm³/mol. The van der Waals surface area contributed by atoms with E-state index in [4.69, 9.17) is 0 Å². The van der Waals surface area contributed by atoms with Crippen molar-refractivity contribution in [2.24, 2.45) is 0 Å². The Bertz CT molecular complexity index is 246. The van der Waals surface area contributed by atoms with Gasteiger partial charge in [0.15, 0.2) is 0 Å². The molecule has 0 aliphatic carbocycles. The van der Waals surface area contributed by atoms with Crippen LogP contribution in [0.5, 0.6) is 0 Å². The molecule has 0 amide bonds. The molecule has 0 saturated heterocycles. The van der Waals surface area contributed by atoms with E-state index in [0.717, 1.165) is 0 Å². The van der Waals surface area contributed by atoms with E-state index in [1.54, 1.807) is 0 Å². The molecule has 1 aromatic rings. The summed E-state index contributed by atoms with van der Waals surface area (Å²) in [6.07, 6.45) is 0. The van der Waals surface area contributed by atoms with E-state index in [9.17, 15) is 0 Å². The van der Waals surface area contributed by atoms with Gasteiger partial charge in [-0.25, -0.2) is 0 Å². The van der Waals surface area contributed by atoms with E-state index < -0.39 is 0 Å². The van der Waals surface area contributed by atoms with Gasteiger partial charge in [0.25, 0.3) is 0 Å². The fourth-order valence-corrected chi connectivity index (χ4v) is 1.40. The zero-order valence-corrected chi connectivity index (χ0v) is 7.81. The van der Waals surface area contributed by atoms with Crippen molar-refractivity contribution in [3.8, 4) is 0 Å². The Hall–Kier alpha value is -0.780. The summed E-state index contributed by atoms with van der Waals surface area (Å²) < 4.78 is 0. The second kappa shape index (κ2) is 3.08. The third-order valence-electron chi connectivity index (χ3n) is 2.27. The fraction of sp³-hybridized carbons (Fsp3) is 0.455. The van der Waals surface area contributed by atoms with Gasteiger partial charge >= 0.3 is 0 Å². The monoisotopic (exact) mass is 148 g/mol. The largest absolute Gasteiger partial charge is 0.0617 e. The van der Waals surface area contributed by atoms with Gasteiger partial charge < -0.3 is 0 Å². The van der Waals surface area contributed by atoms with Gasteiger partial charge in [-0.15, -0.1) is 0 Å². The van der Waals surface area contributed by atoms with Crippen molar-refractivity contribution in [1.82, 2.24) is 0 Å². The molecule has 0 heteroatoms. The topological polar surface area (TPSA) is 0 Å². The van der Waals surface area contributed by atoms with E-state index in [1.807, 2.05) is 0 Å². The second-order valence-corrected chi connectivity index (χ2v) is 3.44. The van der Waals surface area contributed by atoms with Crippen LogP contribution >= 0.6 is 0 Å². The molecule has 0 spiro atoms. The Labute approximate surface area is 69.3 Å². The van der Waals surface area contributed by atoms with E-state index in [2.05, 4.69) is 45.9 Å². The minimum absolute atomic E-state index is 0.648. The van der Waals surface area contributed by atoms with Gasteiger partial charge in [0.2, 0.25) is 0 Å². The molecule has 0 atom stereocenters. The van der Waals surface area contributed by atoms with Crippen molar-refractivity contribution in [3.63, 3.8) is 0 Å². The van der Waals surface area contributed by atoms with Crippen molar-refractivity contribution >= 4 is 0 Å². The van der Waals surface area contributed by atoms with Gasteiger partial charge in [-0.2, -0.15) is 0 Å². The zero-order chi connectivity index (χ0) is 8.43. The standard InChI is InChI=1S/C11H16/c1-8(2)11-7-5-6-9(3)10(11)4/h5-8H,1-4H3. The van der Waals surface area contributed by atoms with Gasteiger partial charge in [-0.1, -0.05) is 32.0 Å². The van der Waals surface area contributed by atoms with Gasteiger partial charge in [-0.3, -0.25) is 0 Å². The number of rotatable bonds is 1. The molecule has 1 aromatic carbocycles. The number of hydrogen-bond donors (Lipinski definition) is 0. The van der Waals surface area contributed by atoms with Crippen LogP contribution in [0.25, 0.3) is 0 Å². The second-order valence-electron chi connectivity index (χ2n) is 3.44. The Morgan fingerprint density at radius 3 is 2.18 bits per heavy atom. The van der Waals surface area contributed by atoms with Crippen LogP contribution in [0, 0.1) is 13.8 Å². The maximum Gasteiger partial charge on any atom is -0.0216 e. The van der Waals surface area contributed by atoms with Crippen molar-refractivity contribution in [3.05, 3.63) is 34.9 Å². The summed E-state index contributed by atoms with van der Waals surface area (Å²) in [5.74, 6) is 0.648. The first kappa shape index (κ1) is 8.32. The summed E-state index contributed by atoms with van der Waals surface area (Å²) in [5.41, 5.74) is 4.32. The zero-order valence-electron chi connectivity index (χ0n) is 7.81. The highest BCUT2D eigenvalue weighted by Crippen LogP contribution is 2.20. The minimum atomic E-state index is 0.648. The molecule has 0 fully saturated rings. The molecule has 1 rings (SSSR count). The maximum atomic E-state index is 2.24. The molecule has 11 heavy (non-hydrogen) atoms. The SMILES string of the molecule is Cc1cccc(C(C)C)c1C. The summed E-state index contributed by atoms with van der Waals surface area (Å²) in [6, 6.07) is 6.52. The van der Waals surface area contributed by atoms with Crippen LogP contribution in [0.1, 0.15) is 36.5 Å². The highest BCUT2D eigenvalue weighted by atomic mass is 14.1. The summed E-state index contributed by atoms with van der Waals surface area (Å²) in [4.78, 5) is 0. The van der Waals surface area contributed by atoms with Crippen LogP contribution in [-0.4, -0.2) is 0 Å². The van der Waals surface area contributed by atoms with Crippen molar-refractivity contribution in [1.29, 1.82) is 0 Å². The third kappa shape index (κ3) is 1.62. The molecule has 0 aliphatic heterocycles. The maximum absolute atomic E-state index is 2.24. The van der Waals surface area contributed by atoms with E-state index in [0.29, 0.717) is 5.92 Å². The first-order chi connectivity index (χ1) is 5.13. The molecule has 0 aromatic heterocycles. The van der Waals surface area contributed by atoms with Gasteiger partial charge in [0, 0.05) is 0 Å². The molecule has 0 nitrogen and oxygen atoms in total. The molecular weight excluding hydrogens is 132 g/mol. The average molecular weight is 148 g/mol. The van der Waals surface area contributed by atoms with Crippen molar-refractivity contribution < 1.29 is 0 Å². The molecule has 0 heterocycles. The molecule has 0 bridgehead atoms. The Morgan fingerprint density at radius 2 is 1.73 bits per heavy atom. The lowest BCUT2D eigenvalue weighted by atomic mass is 9.95. The smallest absolute Gasteiger partial charge is 0.0216 e. The Kier molecular flexibility index (Phi) is 2.33.